The summed E-state index contributed by atoms with van der Waals surface area (Å²) in [6.45, 7) is 9.46. The predicted molar refractivity (Wildman–Crippen MR) is 84.5 cm³/mol. The molecule has 2 saturated heterocycles. The van der Waals surface area contributed by atoms with E-state index < -0.39 is 0 Å². The van der Waals surface area contributed by atoms with Gasteiger partial charge in [0.25, 0.3) is 0 Å². The monoisotopic (exact) mass is 293 g/mol. The zero-order valence-electron chi connectivity index (χ0n) is 13.4. The quantitative estimate of drug-likeness (QED) is 0.799. The molecule has 1 atom stereocenters. The van der Waals surface area contributed by atoms with Crippen LogP contribution < -0.4 is 5.32 Å². The summed E-state index contributed by atoms with van der Waals surface area (Å²) in [4.78, 5) is 5.42. The summed E-state index contributed by atoms with van der Waals surface area (Å²) < 4.78 is 5.87. The number of nitrogens with zero attached hydrogens (tertiary/aromatic N) is 2. The molecular formula is C17H31N3O. The van der Waals surface area contributed by atoms with Crippen molar-refractivity contribution in [2.24, 2.45) is 5.41 Å². The highest BCUT2D eigenvalue weighted by Crippen LogP contribution is 2.32. The Labute approximate surface area is 129 Å². The average Bonchev–Trinajstić information content (AvgIpc) is 3.40. The molecule has 2 aliphatic heterocycles. The Hall–Kier alpha value is -0.160. The van der Waals surface area contributed by atoms with Crippen molar-refractivity contribution in [1.82, 2.24) is 15.1 Å². The fraction of sp³-hybridized carbons (Fsp3) is 1.00. The van der Waals surface area contributed by atoms with Crippen LogP contribution in [0.1, 0.15) is 38.5 Å². The van der Waals surface area contributed by atoms with Crippen molar-refractivity contribution in [3.05, 3.63) is 0 Å². The van der Waals surface area contributed by atoms with Crippen molar-refractivity contribution in [3.63, 3.8) is 0 Å². The first kappa shape index (κ1) is 14.4. The lowest BCUT2D eigenvalue weighted by Gasteiger charge is -2.44. The number of hydrogen-bond acceptors (Lipinski definition) is 4. The second-order valence-corrected chi connectivity index (χ2v) is 7.85. The third-order valence-electron chi connectivity index (χ3n) is 5.78. The largest absolute Gasteiger partial charge is 0.381 e. The number of rotatable bonds is 6. The van der Waals surface area contributed by atoms with E-state index in [2.05, 4.69) is 15.1 Å². The molecule has 0 aromatic carbocycles. The summed E-state index contributed by atoms with van der Waals surface area (Å²) in [6.07, 6.45) is 8.25. The minimum atomic E-state index is 0.378. The van der Waals surface area contributed by atoms with Gasteiger partial charge in [0, 0.05) is 63.4 Å². The Morgan fingerprint density at radius 3 is 2.48 bits per heavy atom. The molecule has 2 aliphatic carbocycles. The molecular weight excluding hydrogens is 262 g/mol. The van der Waals surface area contributed by atoms with Crippen molar-refractivity contribution in [2.45, 2.75) is 50.6 Å². The summed E-state index contributed by atoms with van der Waals surface area (Å²) in [5, 5.41) is 3.78. The average molecular weight is 293 g/mol. The smallest absolute Gasteiger partial charge is 0.0546 e. The molecule has 4 heteroatoms. The highest BCUT2D eigenvalue weighted by Gasteiger charge is 2.38. The maximum Gasteiger partial charge on any atom is 0.0546 e. The van der Waals surface area contributed by atoms with Crippen LogP contribution in [0.4, 0.5) is 0 Å². The van der Waals surface area contributed by atoms with Gasteiger partial charge in [-0.25, -0.2) is 0 Å². The van der Waals surface area contributed by atoms with E-state index in [0.717, 1.165) is 25.3 Å². The lowest BCUT2D eigenvalue weighted by atomic mass is 9.81. The molecule has 0 aromatic rings. The standard InChI is InChI=1S/C17H31N3O/c1-6-17(14-21-11-1,12-18-15-2-3-15)13-19-7-9-20(10-8-19)16-4-5-16/h15-16,18H,1-14H2. The molecule has 0 aromatic heterocycles. The molecule has 1 unspecified atom stereocenters. The van der Waals surface area contributed by atoms with Crippen LogP contribution in [0.2, 0.25) is 0 Å². The highest BCUT2D eigenvalue weighted by molar-refractivity contribution is 4.93. The van der Waals surface area contributed by atoms with E-state index >= 15 is 0 Å². The Morgan fingerprint density at radius 1 is 1.05 bits per heavy atom. The van der Waals surface area contributed by atoms with Crippen LogP contribution in [-0.4, -0.2) is 74.4 Å². The maximum absolute atomic E-state index is 5.87. The fourth-order valence-corrected chi connectivity index (χ4v) is 4.08. The molecule has 4 aliphatic rings. The van der Waals surface area contributed by atoms with E-state index in [4.69, 9.17) is 4.74 Å². The van der Waals surface area contributed by atoms with E-state index in [-0.39, 0.29) is 0 Å². The summed E-state index contributed by atoms with van der Waals surface area (Å²) in [6, 6.07) is 1.76. The van der Waals surface area contributed by atoms with Gasteiger partial charge in [0.2, 0.25) is 0 Å². The molecule has 21 heavy (non-hydrogen) atoms. The molecule has 120 valence electrons. The van der Waals surface area contributed by atoms with Crippen LogP contribution >= 0.6 is 0 Å². The zero-order valence-corrected chi connectivity index (χ0v) is 13.4. The lowest BCUT2D eigenvalue weighted by Crippen LogP contribution is -2.54. The normalized spacial score (nSPS) is 36.0. The zero-order chi connectivity index (χ0) is 14.1. The first-order valence-electron chi connectivity index (χ1n) is 9.11. The lowest BCUT2D eigenvalue weighted by molar-refractivity contribution is -0.0333. The number of ether oxygens (including phenoxy) is 1. The topological polar surface area (TPSA) is 27.7 Å². The van der Waals surface area contributed by atoms with Gasteiger partial charge in [-0.2, -0.15) is 0 Å². The molecule has 4 fully saturated rings. The van der Waals surface area contributed by atoms with Crippen LogP contribution in [-0.2, 0) is 4.74 Å². The summed E-state index contributed by atoms with van der Waals surface area (Å²) in [7, 11) is 0. The van der Waals surface area contributed by atoms with Gasteiger partial charge >= 0.3 is 0 Å². The van der Waals surface area contributed by atoms with Crippen LogP contribution in [0, 0.1) is 5.41 Å². The van der Waals surface area contributed by atoms with E-state index in [1.165, 1.54) is 77.8 Å². The third kappa shape index (κ3) is 3.79. The van der Waals surface area contributed by atoms with Crippen LogP contribution in [0.3, 0.4) is 0 Å². The maximum atomic E-state index is 5.87. The fourth-order valence-electron chi connectivity index (χ4n) is 4.08. The van der Waals surface area contributed by atoms with E-state index in [9.17, 15) is 0 Å². The van der Waals surface area contributed by atoms with Crippen LogP contribution in [0.5, 0.6) is 0 Å². The second-order valence-electron chi connectivity index (χ2n) is 7.85. The molecule has 0 bridgehead atoms. The van der Waals surface area contributed by atoms with Crippen molar-refractivity contribution < 1.29 is 4.74 Å². The highest BCUT2D eigenvalue weighted by atomic mass is 16.5. The molecule has 0 amide bonds. The summed E-state index contributed by atoms with van der Waals surface area (Å²) >= 11 is 0. The Kier molecular flexibility index (Phi) is 4.23. The van der Waals surface area contributed by atoms with Gasteiger partial charge in [0.15, 0.2) is 0 Å². The first-order valence-corrected chi connectivity index (χ1v) is 9.11. The van der Waals surface area contributed by atoms with Gasteiger partial charge in [-0.1, -0.05) is 0 Å². The van der Waals surface area contributed by atoms with Crippen molar-refractivity contribution in [2.75, 3.05) is 52.5 Å². The van der Waals surface area contributed by atoms with Gasteiger partial charge in [-0.15, -0.1) is 0 Å². The SMILES string of the molecule is C1COCC(CNC2CC2)(CN2CCN(C3CC3)CC2)C1. The van der Waals surface area contributed by atoms with Gasteiger partial charge in [-0.05, 0) is 38.5 Å². The van der Waals surface area contributed by atoms with Crippen LogP contribution in [0.15, 0.2) is 0 Å². The number of piperazine rings is 1. The number of nitrogens with one attached hydrogen (secondary N) is 1. The predicted octanol–water partition coefficient (Wildman–Crippen LogP) is 1.32. The van der Waals surface area contributed by atoms with Crippen molar-refractivity contribution in [1.29, 1.82) is 0 Å². The van der Waals surface area contributed by atoms with Gasteiger partial charge in [0.1, 0.15) is 0 Å². The Balaban J connectivity index is 1.30. The molecule has 0 radical (unpaired) electrons. The minimum absolute atomic E-state index is 0.378. The van der Waals surface area contributed by atoms with Gasteiger partial charge in [-0.3, -0.25) is 4.90 Å². The van der Waals surface area contributed by atoms with Crippen molar-refractivity contribution >= 4 is 0 Å². The van der Waals surface area contributed by atoms with E-state index in [1.54, 1.807) is 0 Å². The minimum Gasteiger partial charge on any atom is -0.381 e. The van der Waals surface area contributed by atoms with Gasteiger partial charge in [0.05, 0.1) is 6.61 Å². The molecule has 2 saturated carbocycles. The molecule has 0 spiro atoms. The first-order chi connectivity index (χ1) is 10.3. The van der Waals surface area contributed by atoms with E-state index in [1.807, 2.05) is 0 Å². The van der Waals surface area contributed by atoms with E-state index in [0.29, 0.717) is 5.41 Å². The summed E-state index contributed by atoms with van der Waals surface area (Å²) in [5.74, 6) is 0. The summed E-state index contributed by atoms with van der Waals surface area (Å²) in [5.41, 5.74) is 0.378. The Bertz CT molecular complexity index is 340. The molecule has 4 rings (SSSR count). The molecule has 1 N–H and O–H groups in total. The Morgan fingerprint density at radius 2 is 1.86 bits per heavy atom. The molecule has 2 heterocycles. The van der Waals surface area contributed by atoms with Gasteiger partial charge < -0.3 is 15.0 Å². The number of hydrogen-bond donors (Lipinski definition) is 1. The molecule has 4 nitrogen and oxygen atoms in total. The third-order valence-corrected chi connectivity index (χ3v) is 5.78. The van der Waals surface area contributed by atoms with Crippen LogP contribution in [0.25, 0.3) is 0 Å². The van der Waals surface area contributed by atoms with Crippen molar-refractivity contribution in [3.8, 4) is 0 Å². The second kappa shape index (κ2) is 6.15.